The molecule has 0 saturated heterocycles. The zero-order valence-corrected chi connectivity index (χ0v) is 24.3. The Kier molecular flexibility index (Phi) is 11.1. The summed E-state index contributed by atoms with van der Waals surface area (Å²) in [7, 11) is 1.32. The average molecular weight is 592 g/mol. The smallest absolute Gasteiger partial charge is 0.416 e. The number of hydrogen-bond donors (Lipinski definition) is 3. The minimum atomic E-state index is -0.621. The second-order valence-electron chi connectivity index (χ2n) is 10.8. The molecule has 15 heteroatoms. The first-order valence-electron chi connectivity index (χ1n) is 12.8. The van der Waals surface area contributed by atoms with E-state index >= 15 is 0 Å². The van der Waals surface area contributed by atoms with E-state index in [0.717, 1.165) is 0 Å². The van der Waals surface area contributed by atoms with Gasteiger partial charge in [0, 0.05) is 0 Å². The lowest BCUT2D eigenvalue weighted by Crippen LogP contribution is -2.42. The van der Waals surface area contributed by atoms with Crippen LogP contribution in [-0.4, -0.2) is 72.8 Å². The molecule has 4 rings (SSSR count). The lowest BCUT2D eigenvalue weighted by Gasteiger charge is -2.30. The molecule has 0 bridgehead atoms. The van der Waals surface area contributed by atoms with Crippen LogP contribution in [0.2, 0.25) is 0 Å². The number of carbonyl (C=O) groups excluding carboxylic acids is 3. The van der Waals surface area contributed by atoms with Gasteiger partial charge in [0.15, 0.2) is 23.1 Å². The lowest BCUT2D eigenvalue weighted by molar-refractivity contribution is 0.0556. The number of aromatic nitrogens is 2. The van der Waals surface area contributed by atoms with E-state index in [-0.39, 0.29) is 13.2 Å². The zero-order valence-electron chi connectivity index (χ0n) is 24.3. The van der Waals surface area contributed by atoms with Crippen LogP contribution in [0, 0.1) is 0 Å². The Balaban J connectivity index is 0.000000295. The van der Waals surface area contributed by atoms with Gasteiger partial charge in [0.2, 0.25) is 0 Å². The third-order valence-electron chi connectivity index (χ3n) is 5.02. The molecule has 0 unspecified atom stereocenters. The molecule has 42 heavy (non-hydrogen) atoms. The van der Waals surface area contributed by atoms with Crippen molar-refractivity contribution in [3.05, 3.63) is 24.3 Å². The first-order chi connectivity index (χ1) is 19.2. The Hall–Kier alpha value is -4.53. The number of fused-ring (bicyclic) bond motifs is 2. The topological polar surface area (TPSA) is 180 Å². The summed E-state index contributed by atoms with van der Waals surface area (Å²) in [5.41, 5.74) is 6.57. The fraction of sp³-hybridized carbons (Fsp3) is 0.519. The van der Waals surface area contributed by atoms with Crippen LogP contribution >= 0.6 is 0 Å². The first-order valence-corrected chi connectivity index (χ1v) is 12.8. The van der Waals surface area contributed by atoms with E-state index in [4.69, 9.17) is 24.7 Å². The van der Waals surface area contributed by atoms with Crippen LogP contribution in [0.5, 0.6) is 11.5 Å². The number of carbonyl (C=O) groups is 3. The molecule has 4 N–H and O–H groups in total. The molecular formula is C27H41N7O8. The van der Waals surface area contributed by atoms with Gasteiger partial charge in [-0.2, -0.15) is 0 Å². The number of ether oxygens (including phenoxy) is 4. The van der Waals surface area contributed by atoms with Crippen LogP contribution < -0.4 is 35.8 Å². The number of urea groups is 1. The van der Waals surface area contributed by atoms with Crippen molar-refractivity contribution in [1.82, 2.24) is 15.4 Å². The van der Waals surface area contributed by atoms with Gasteiger partial charge in [0.25, 0.3) is 0 Å². The molecule has 0 radical (unpaired) electrons. The summed E-state index contributed by atoms with van der Waals surface area (Å²) in [5, 5.41) is 2.48. The van der Waals surface area contributed by atoms with E-state index in [0.29, 0.717) is 55.3 Å². The van der Waals surface area contributed by atoms with Crippen LogP contribution in [0.1, 0.15) is 49.0 Å². The molecule has 2 aromatic rings. The van der Waals surface area contributed by atoms with Gasteiger partial charge in [-0.25, -0.2) is 29.8 Å². The maximum atomic E-state index is 12.3. The number of rotatable bonds is 2. The molecule has 4 heterocycles. The number of hydroxylamine groups is 1. The van der Waals surface area contributed by atoms with Crippen molar-refractivity contribution >= 4 is 41.5 Å². The van der Waals surface area contributed by atoms with Crippen molar-refractivity contribution in [1.29, 1.82) is 0 Å². The predicted molar refractivity (Wildman–Crippen MR) is 157 cm³/mol. The summed E-state index contributed by atoms with van der Waals surface area (Å²) in [6.07, 6.45) is -0.960. The largest absolute Gasteiger partial charge is 0.488 e. The minimum Gasteiger partial charge on any atom is -0.488 e. The fourth-order valence-corrected chi connectivity index (χ4v) is 3.50. The van der Waals surface area contributed by atoms with Crippen molar-refractivity contribution in [2.75, 3.05) is 54.3 Å². The van der Waals surface area contributed by atoms with Gasteiger partial charge in [-0.1, -0.05) is 7.43 Å². The van der Waals surface area contributed by atoms with Crippen LogP contribution in [0.25, 0.3) is 0 Å². The molecule has 0 fully saturated rings. The molecule has 2 aromatic heterocycles. The molecular weight excluding hydrogens is 550 g/mol. The van der Waals surface area contributed by atoms with Crippen LogP contribution in [-0.2, 0) is 14.3 Å². The molecule has 2 aliphatic rings. The quantitative estimate of drug-likeness (QED) is 0.423. The third kappa shape index (κ3) is 9.54. The Morgan fingerprint density at radius 3 is 1.79 bits per heavy atom. The maximum absolute atomic E-state index is 12.3. The van der Waals surface area contributed by atoms with Gasteiger partial charge in [0.1, 0.15) is 36.1 Å². The number of hydrogen-bond acceptors (Lipinski definition) is 11. The number of amides is 4. The van der Waals surface area contributed by atoms with Gasteiger partial charge >= 0.3 is 18.2 Å². The van der Waals surface area contributed by atoms with E-state index in [9.17, 15) is 14.4 Å². The third-order valence-corrected chi connectivity index (χ3v) is 5.02. The average Bonchev–Trinajstić information content (AvgIpc) is 2.86. The minimum absolute atomic E-state index is 0. The predicted octanol–water partition coefficient (Wildman–Crippen LogP) is 4.33. The summed E-state index contributed by atoms with van der Waals surface area (Å²) in [6.45, 7) is 12.3. The van der Waals surface area contributed by atoms with Gasteiger partial charge in [0.05, 0.1) is 20.2 Å². The summed E-state index contributed by atoms with van der Waals surface area (Å²) >= 11 is 0. The molecule has 0 aliphatic carbocycles. The van der Waals surface area contributed by atoms with E-state index in [1.807, 2.05) is 20.8 Å². The van der Waals surface area contributed by atoms with Crippen LogP contribution in [0.4, 0.5) is 37.7 Å². The molecule has 0 saturated carbocycles. The Morgan fingerprint density at radius 1 is 0.833 bits per heavy atom. The number of anilines is 4. The molecule has 0 aromatic carbocycles. The van der Waals surface area contributed by atoms with E-state index in [1.54, 1.807) is 45.0 Å². The van der Waals surface area contributed by atoms with Crippen molar-refractivity contribution in [2.24, 2.45) is 0 Å². The van der Waals surface area contributed by atoms with Gasteiger partial charge < -0.3 is 24.7 Å². The second-order valence-corrected chi connectivity index (χ2v) is 10.8. The monoisotopic (exact) mass is 591 g/mol. The molecule has 232 valence electrons. The molecule has 4 amide bonds. The highest BCUT2D eigenvalue weighted by atomic mass is 16.6. The normalized spacial score (nSPS) is 13.8. The summed E-state index contributed by atoms with van der Waals surface area (Å²) in [4.78, 5) is 51.5. The fourth-order valence-electron chi connectivity index (χ4n) is 3.50. The highest BCUT2D eigenvalue weighted by Crippen LogP contribution is 2.32. The SMILES string of the molecule is C.CC(C)(C)OC(=O)N1CCOc2ccc(N)nc21.CONC(=O)Nc1ccc2c(n1)N(C(=O)OC(C)(C)C)CCO2. The number of nitrogens with zero attached hydrogens (tertiary/aromatic N) is 4. The van der Waals surface area contributed by atoms with Gasteiger partial charge in [-0.05, 0) is 65.8 Å². The van der Waals surface area contributed by atoms with Crippen molar-refractivity contribution in [2.45, 2.75) is 60.2 Å². The summed E-state index contributed by atoms with van der Waals surface area (Å²) in [6, 6.07) is 5.94. The van der Waals surface area contributed by atoms with E-state index < -0.39 is 29.4 Å². The van der Waals surface area contributed by atoms with Crippen molar-refractivity contribution < 1.29 is 38.2 Å². The standard InChI is InChI=1S/C14H20N4O5.C12H17N3O3.CH4/c1-14(2,3)23-13(20)18-7-8-22-9-5-6-10(15-11(9)18)16-12(19)17-21-4;1-12(2,3)18-11(16)15-6-7-17-8-4-5-9(13)14-10(8)15;/h5-6H,7-8H2,1-4H3,(H2,15,16,17,19);4-5H,6-7H2,1-3H3,(H2,13,14);1H4. The number of nitrogens with one attached hydrogen (secondary N) is 2. The maximum Gasteiger partial charge on any atom is 0.416 e. The first kappa shape index (κ1) is 33.7. The Labute approximate surface area is 245 Å². The number of nitrogen functional groups attached to an aromatic ring is 1. The number of nitrogens with two attached hydrogens (primary N) is 1. The van der Waals surface area contributed by atoms with E-state index in [1.165, 1.54) is 16.9 Å². The van der Waals surface area contributed by atoms with Crippen LogP contribution in [0.15, 0.2) is 24.3 Å². The Morgan fingerprint density at radius 2 is 1.31 bits per heavy atom. The summed E-state index contributed by atoms with van der Waals surface area (Å²) in [5.74, 6) is 2.28. The molecule has 2 aliphatic heterocycles. The molecule has 0 atom stereocenters. The summed E-state index contributed by atoms with van der Waals surface area (Å²) < 4.78 is 21.6. The van der Waals surface area contributed by atoms with E-state index in [2.05, 4.69) is 25.6 Å². The molecule has 15 nitrogen and oxygen atoms in total. The second kappa shape index (κ2) is 13.9. The highest BCUT2D eigenvalue weighted by Gasteiger charge is 2.31. The van der Waals surface area contributed by atoms with Crippen LogP contribution in [0.3, 0.4) is 0 Å². The van der Waals surface area contributed by atoms with Gasteiger partial charge in [-0.15, -0.1) is 0 Å². The van der Waals surface area contributed by atoms with Gasteiger partial charge in [-0.3, -0.25) is 20.0 Å². The number of pyridine rings is 2. The van der Waals surface area contributed by atoms with Crippen molar-refractivity contribution in [3.8, 4) is 11.5 Å². The Bertz CT molecular complexity index is 1260. The molecule has 0 spiro atoms. The highest BCUT2D eigenvalue weighted by molar-refractivity contribution is 5.91. The lowest BCUT2D eigenvalue weighted by atomic mass is 10.2. The van der Waals surface area contributed by atoms with Crippen molar-refractivity contribution in [3.63, 3.8) is 0 Å². The zero-order chi connectivity index (χ0) is 30.4.